The summed E-state index contributed by atoms with van der Waals surface area (Å²) in [4.78, 5) is 0. The van der Waals surface area contributed by atoms with Gasteiger partial charge in [0.05, 0.1) is 11.4 Å². The molecule has 0 aliphatic rings. The molecule has 1 aromatic heterocycles. The Morgan fingerprint density at radius 3 is 2.43 bits per heavy atom. The van der Waals surface area contributed by atoms with Crippen LogP contribution in [0.3, 0.4) is 0 Å². The Kier molecular flexibility index (Phi) is 4.24. The van der Waals surface area contributed by atoms with Crippen LogP contribution in [0.2, 0.25) is 0 Å². The summed E-state index contributed by atoms with van der Waals surface area (Å²) in [6.45, 7) is 0. The van der Waals surface area contributed by atoms with Crippen molar-refractivity contribution in [3.63, 3.8) is 0 Å². The summed E-state index contributed by atoms with van der Waals surface area (Å²) in [5.41, 5.74) is 2.46. The van der Waals surface area contributed by atoms with Crippen LogP contribution in [0.4, 0.5) is 0 Å². The molecule has 0 saturated carbocycles. The summed E-state index contributed by atoms with van der Waals surface area (Å²) in [5.74, 6) is 0. The van der Waals surface area contributed by atoms with Gasteiger partial charge in [-0.05, 0) is 67.8 Å². The number of halogens is 2. The van der Waals surface area contributed by atoms with Crippen LogP contribution in [-0.2, 0) is 0 Å². The number of aromatic nitrogens is 2. The number of benzene rings is 2. The molecule has 106 valence electrons. The highest BCUT2D eigenvalue weighted by Gasteiger charge is 2.17. The molecule has 0 amide bonds. The molecule has 1 atom stereocenters. The molecular weight excluding hydrogens is 396 g/mol. The average Bonchev–Trinajstić information content (AvgIpc) is 2.99. The molecular formula is C16H12Br2N2O. The molecule has 1 heterocycles. The van der Waals surface area contributed by atoms with Crippen molar-refractivity contribution in [2.24, 2.45) is 0 Å². The second kappa shape index (κ2) is 6.13. The molecule has 1 N–H and O–H groups in total. The number of rotatable bonds is 3. The number of nitrogens with zero attached hydrogens (tertiary/aromatic N) is 2. The van der Waals surface area contributed by atoms with Crippen LogP contribution < -0.4 is 0 Å². The van der Waals surface area contributed by atoms with Gasteiger partial charge in [0, 0.05) is 15.1 Å². The maximum absolute atomic E-state index is 10.6. The smallest absolute Gasteiger partial charge is 0.121 e. The third kappa shape index (κ3) is 2.95. The van der Waals surface area contributed by atoms with Gasteiger partial charge in [-0.2, -0.15) is 5.10 Å². The molecule has 3 aromatic rings. The third-order valence-corrected chi connectivity index (χ3v) is 5.09. The van der Waals surface area contributed by atoms with Crippen LogP contribution in [-0.4, -0.2) is 14.9 Å². The molecule has 0 aliphatic carbocycles. The van der Waals surface area contributed by atoms with Crippen molar-refractivity contribution in [1.29, 1.82) is 0 Å². The summed E-state index contributed by atoms with van der Waals surface area (Å²) in [6, 6.07) is 17.3. The van der Waals surface area contributed by atoms with Gasteiger partial charge in [-0.1, -0.05) is 24.3 Å². The highest BCUT2D eigenvalue weighted by Crippen LogP contribution is 2.30. The van der Waals surface area contributed by atoms with E-state index in [0.29, 0.717) is 0 Å². The first-order valence-corrected chi connectivity index (χ1v) is 7.98. The van der Waals surface area contributed by atoms with Crippen molar-refractivity contribution in [1.82, 2.24) is 9.78 Å². The summed E-state index contributed by atoms with van der Waals surface area (Å²) >= 11 is 6.89. The standard InChI is InChI=1S/C16H12Br2N2O/c17-13-7-6-11(10-14(13)18)16(21)15-8-9-19-20(15)12-4-2-1-3-5-12/h1-10,16,21H. The number of para-hydroxylation sites is 1. The van der Waals surface area contributed by atoms with Crippen molar-refractivity contribution in [2.75, 3.05) is 0 Å². The van der Waals surface area contributed by atoms with Gasteiger partial charge in [0.25, 0.3) is 0 Å². The average molecular weight is 408 g/mol. The molecule has 3 rings (SSSR count). The van der Waals surface area contributed by atoms with Gasteiger partial charge < -0.3 is 5.11 Å². The molecule has 0 fully saturated rings. The Morgan fingerprint density at radius 1 is 0.952 bits per heavy atom. The van der Waals surface area contributed by atoms with Crippen molar-refractivity contribution in [3.8, 4) is 5.69 Å². The Bertz CT molecular complexity index is 756. The minimum absolute atomic E-state index is 0.732. The zero-order valence-corrected chi connectivity index (χ0v) is 14.1. The lowest BCUT2D eigenvalue weighted by Crippen LogP contribution is -2.08. The van der Waals surface area contributed by atoms with Crippen molar-refractivity contribution in [3.05, 3.63) is 81.0 Å². The van der Waals surface area contributed by atoms with E-state index in [9.17, 15) is 5.11 Å². The van der Waals surface area contributed by atoms with Gasteiger partial charge in [-0.15, -0.1) is 0 Å². The van der Waals surface area contributed by atoms with E-state index in [1.54, 1.807) is 10.9 Å². The fourth-order valence-corrected chi connectivity index (χ4v) is 2.80. The van der Waals surface area contributed by atoms with Crippen LogP contribution in [0.1, 0.15) is 17.4 Å². The number of hydrogen-bond acceptors (Lipinski definition) is 2. The van der Waals surface area contributed by atoms with Gasteiger partial charge in [-0.25, -0.2) is 4.68 Å². The number of hydrogen-bond donors (Lipinski definition) is 1. The Balaban J connectivity index is 2.01. The summed E-state index contributed by atoms with van der Waals surface area (Å²) in [5, 5.41) is 14.9. The van der Waals surface area contributed by atoms with Crippen LogP contribution in [0.25, 0.3) is 5.69 Å². The molecule has 0 aliphatic heterocycles. The van der Waals surface area contributed by atoms with Crippen molar-refractivity contribution in [2.45, 2.75) is 6.10 Å². The van der Waals surface area contributed by atoms with Crippen molar-refractivity contribution < 1.29 is 5.11 Å². The van der Waals surface area contributed by atoms with Crippen LogP contribution >= 0.6 is 31.9 Å². The molecule has 0 spiro atoms. The highest BCUT2D eigenvalue weighted by molar-refractivity contribution is 9.13. The SMILES string of the molecule is OC(c1ccc(Br)c(Br)c1)c1ccnn1-c1ccccc1. The molecule has 0 radical (unpaired) electrons. The van der Waals surface area contributed by atoms with E-state index in [-0.39, 0.29) is 0 Å². The molecule has 0 bridgehead atoms. The van der Waals surface area contributed by atoms with E-state index in [1.807, 2.05) is 54.6 Å². The second-order valence-electron chi connectivity index (χ2n) is 4.58. The third-order valence-electron chi connectivity index (χ3n) is 3.21. The van der Waals surface area contributed by atoms with E-state index < -0.39 is 6.10 Å². The van der Waals surface area contributed by atoms with Gasteiger partial charge in [-0.3, -0.25) is 0 Å². The van der Waals surface area contributed by atoms with E-state index in [2.05, 4.69) is 37.0 Å². The first-order valence-electron chi connectivity index (χ1n) is 6.39. The summed E-state index contributed by atoms with van der Waals surface area (Å²) < 4.78 is 3.61. The molecule has 21 heavy (non-hydrogen) atoms. The van der Waals surface area contributed by atoms with Crippen LogP contribution in [0, 0.1) is 0 Å². The molecule has 3 nitrogen and oxygen atoms in total. The lowest BCUT2D eigenvalue weighted by atomic mass is 10.1. The Labute approximate surface area is 139 Å². The summed E-state index contributed by atoms with van der Waals surface area (Å²) in [7, 11) is 0. The minimum Gasteiger partial charge on any atom is -0.382 e. The van der Waals surface area contributed by atoms with E-state index >= 15 is 0 Å². The summed E-state index contributed by atoms with van der Waals surface area (Å²) in [6.07, 6.45) is 0.955. The quantitative estimate of drug-likeness (QED) is 0.695. The van der Waals surface area contributed by atoms with Gasteiger partial charge >= 0.3 is 0 Å². The largest absolute Gasteiger partial charge is 0.382 e. The normalized spacial score (nSPS) is 12.3. The first-order chi connectivity index (χ1) is 10.2. The van der Waals surface area contributed by atoms with Gasteiger partial charge in [0.2, 0.25) is 0 Å². The van der Waals surface area contributed by atoms with E-state index in [0.717, 1.165) is 25.9 Å². The molecule has 5 heteroatoms. The van der Waals surface area contributed by atoms with Gasteiger partial charge in [0.1, 0.15) is 6.10 Å². The fraction of sp³-hybridized carbons (Fsp3) is 0.0625. The predicted molar refractivity (Wildman–Crippen MR) is 89.5 cm³/mol. The lowest BCUT2D eigenvalue weighted by Gasteiger charge is -2.14. The topological polar surface area (TPSA) is 38.1 Å². The minimum atomic E-state index is -0.739. The van der Waals surface area contributed by atoms with Crippen LogP contribution in [0.15, 0.2) is 69.7 Å². The Hall–Kier alpha value is -1.43. The van der Waals surface area contributed by atoms with Gasteiger partial charge in [0.15, 0.2) is 0 Å². The maximum atomic E-state index is 10.6. The van der Waals surface area contributed by atoms with Crippen LogP contribution in [0.5, 0.6) is 0 Å². The second-order valence-corrected chi connectivity index (χ2v) is 6.29. The lowest BCUT2D eigenvalue weighted by molar-refractivity contribution is 0.212. The molecule has 0 saturated heterocycles. The number of aliphatic hydroxyl groups excluding tert-OH is 1. The van der Waals surface area contributed by atoms with E-state index in [1.165, 1.54) is 0 Å². The number of aliphatic hydroxyl groups is 1. The molecule has 1 unspecified atom stereocenters. The zero-order valence-electron chi connectivity index (χ0n) is 10.9. The Morgan fingerprint density at radius 2 is 1.71 bits per heavy atom. The van der Waals surface area contributed by atoms with Crippen molar-refractivity contribution >= 4 is 31.9 Å². The first kappa shape index (κ1) is 14.5. The monoisotopic (exact) mass is 406 g/mol. The van der Waals surface area contributed by atoms with E-state index in [4.69, 9.17) is 0 Å². The maximum Gasteiger partial charge on any atom is 0.121 e. The predicted octanol–water partition coefficient (Wildman–Crippen LogP) is 4.48. The highest BCUT2D eigenvalue weighted by atomic mass is 79.9. The molecule has 2 aromatic carbocycles. The fourth-order valence-electron chi connectivity index (χ4n) is 2.16. The zero-order chi connectivity index (χ0) is 14.8.